The number of anilines is 2. The number of hydrogen-bond donors (Lipinski definition) is 4. The van der Waals surface area contributed by atoms with Gasteiger partial charge in [-0.3, -0.25) is 4.79 Å². The first kappa shape index (κ1) is 12.5. The maximum absolute atomic E-state index is 10.9. The maximum atomic E-state index is 10.9. The van der Waals surface area contributed by atoms with Gasteiger partial charge in [-0.25, -0.2) is 15.8 Å². The molecule has 0 atom stereocenters. The van der Waals surface area contributed by atoms with E-state index in [0.717, 1.165) is 0 Å². The SMILES string of the molecule is NNOC(=O)CCSc1nc(N)cc(N)n1. The van der Waals surface area contributed by atoms with E-state index < -0.39 is 5.97 Å². The number of carbonyl (C=O) groups is 1. The van der Waals surface area contributed by atoms with E-state index in [9.17, 15) is 4.79 Å². The van der Waals surface area contributed by atoms with Crippen molar-refractivity contribution < 1.29 is 9.63 Å². The summed E-state index contributed by atoms with van der Waals surface area (Å²) in [6, 6.07) is 1.46. The summed E-state index contributed by atoms with van der Waals surface area (Å²) in [7, 11) is 0. The molecule has 0 aliphatic heterocycles. The Labute approximate surface area is 95.9 Å². The molecule has 0 fully saturated rings. The summed E-state index contributed by atoms with van der Waals surface area (Å²) >= 11 is 1.25. The zero-order valence-corrected chi connectivity index (χ0v) is 9.16. The second-order valence-electron chi connectivity index (χ2n) is 2.69. The smallest absolute Gasteiger partial charge is 0.327 e. The Balaban J connectivity index is 2.40. The second-order valence-corrected chi connectivity index (χ2v) is 3.75. The quantitative estimate of drug-likeness (QED) is 0.223. The highest BCUT2D eigenvalue weighted by atomic mass is 32.2. The average Bonchev–Trinajstić information content (AvgIpc) is 2.16. The predicted molar refractivity (Wildman–Crippen MR) is 59.6 cm³/mol. The Morgan fingerprint density at radius 2 is 2.06 bits per heavy atom. The molecule has 0 spiro atoms. The van der Waals surface area contributed by atoms with Crippen LogP contribution in [0.15, 0.2) is 11.2 Å². The molecule has 0 saturated heterocycles. The van der Waals surface area contributed by atoms with Crippen LogP contribution in [0.4, 0.5) is 11.6 Å². The molecular weight excluding hydrogens is 232 g/mol. The number of rotatable bonds is 5. The minimum absolute atomic E-state index is 0.174. The van der Waals surface area contributed by atoms with Crippen LogP contribution in [0.2, 0.25) is 0 Å². The van der Waals surface area contributed by atoms with Gasteiger partial charge in [0.2, 0.25) is 0 Å². The van der Waals surface area contributed by atoms with Gasteiger partial charge in [-0.15, -0.1) is 0 Å². The van der Waals surface area contributed by atoms with Crippen molar-refractivity contribution in [1.29, 1.82) is 0 Å². The third-order valence-corrected chi connectivity index (χ3v) is 2.30. The van der Waals surface area contributed by atoms with Crippen LogP contribution >= 0.6 is 11.8 Å². The maximum Gasteiger partial charge on any atom is 0.327 e. The van der Waals surface area contributed by atoms with Crippen molar-refractivity contribution in [1.82, 2.24) is 15.6 Å². The summed E-state index contributed by atoms with van der Waals surface area (Å²) in [5.74, 6) is 5.36. The molecule has 0 unspecified atom stereocenters. The van der Waals surface area contributed by atoms with E-state index in [0.29, 0.717) is 22.5 Å². The molecular formula is C7H12N6O2S. The number of aromatic nitrogens is 2. The van der Waals surface area contributed by atoms with Gasteiger partial charge in [0.1, 0.15) is 11.6 Å². The lowest BCUT2D eigenvalue weighted by atomic mass is 10.5. The Bertz CT molecular complexity index is 354. The summed E-state index contributed by atoms with van der Waals surface area (Å²) < 4.78 is 0. The van der Waals surface area contributed by atoms with Crippen LogP contribution in [-0.4, -0.2) is 21.7 Å². The van der Waals surface area contributed by atoms with Crippen molar-refractivity contribution in [3.8, 4) is 0 Å². The fourth-order valence-corrected chi connectivity index (χ4v) is 1.66. The normalized spacial score (nSPS) is 10.1. The van der Waals surface area contributed by atoms with Gasteiger partial charge in [0.25, 0.3) is 0 Å². The number of thioether (sulfide) groups is 1. The van der Waals surface area contributed by atoms with E-state index in [1.165, 1.54) is 17.8 Å². The Kier molecular flexibility index (Phi) is 4.76. The lowest BCUT2D eigenvalue weighted by molar-refractivity contribution is -0.150. The molecule has 0 bridgehead atoms. The van der Waals surface area contributed by atoms with Crippen LogP contribution in [0.5, 0.6) is 0 Å². The highest BCUT2D eigenvalue weighted by Crippen LogP contribution is 2.16. The van der Waals surface area contributed by atoms with Crippen LogP contribution in [0.3, 0.4) is 0 Å². The van der Waals surface area contributed by atoms with E-state index in [-0.39, 0.29) is 6.42 Å². The van der Waals surface area contributed by atoms with Gasteiger partial charge in [-0.2, -0.15) is 0 Å². The standard InChI is InChI=1S/C7H12N6O2S/c8-4-3-5(9)12-7(11-4)16-2-1-6(14)15-13-10/h3,13H,1-2,10H2,(H4,8,9,11,12). The lowest BCUT2D eigenvalue weighted by Gasteiger charge is -2.02. The monoisotopic (exact) mass is 244 g/mol. The third kappa shape index (κ3) is 4.29. The van der Waals surface area contributed by atoms with E-state index in [1.807, 2.05) is 0 Å². The molecule has 0 saturated carbocycles. The van der Waals surface area contributed by atoms with Gasteiger partial charge in [-0.05, 0) is 0 Å². The molecule has 0 radical (unpaired) electrons. The zero-order chi connectivity index (χ0) is 12.0. The summed E-state index contributed by atoms with van der Waals surface area (Å²) in [5, 5.41) is 0.422. The first-order valence-electron chi connectivity index (χ1n) is 4.30. The molecule has 88 valence electrons. The number of carbonyl (C=O) groups excluding carboxylic acids is 1. The Morgan fingerprint density at radius 3 is 2.62 bits per heavy atom. The third-order valence-electron chi connectivity index (χ3n) is 1.46. The number of nitrogen functional groups attached to an aromatic ring is 2. The van der Waals surface area contributed by atoms with E-state index in [2.05, 4.69) is 14.8 Å². The largest absolute Gasteiger partial charge is 0.383 e. The first-order chi connectivity index (χ1) is 7.61. The van der Waals surface area contributed by atoms with Crippen LogP contribution in [-0.2, 0) is 9.63 Å². The number of hydrogen-bond acceptors (Lipinski definition) is 9. The number of nitrogens with one attached hydrogen (secondary N) is 1. The molecule has 9 heteroatoms. The van der Waals surface area contributed by atoms with Gasteiger partial charge in [0, 0.05) is 11.8 Å². The number of nitrogens with zero attached hydrogens (tertiary/aromatic N) is 2. The van der Waals surface area contributed by atoms with E-state index in [1.54, 1.807) is 5.59 Å². The molecule has 7 N–H and O–H groups in total. The molecule has 8 nitrogen and oxygen atoms in total. The van der Waals surface area contributed by atoms with E-state index >= 15 is 0 Å². The predicted octanol–water partition coefficient (Wildman–Crippen LogP) is -0.955. The molecule has 0 amide bonds. The van der Waals surface area contributed by atoms with Crippen molar-refractivity contribution in [2.75, 3.05) is 17.2 Å². The summed E-state index contributed by atoms with van der Waals surface area (Å²) in [6.45, 7) is 0. The van der Waals surface area contributed by atoms with Gasteiger partial charge in [0.05, 0.1) is 6.42 Å². The second kappa shape index (κ2) is 6.10. The molecule has 0 aliphatic rings. The van der Waals surface area contributed by atoms with Gasteiger partial charge < -0.3 is 16.3 Å². The van der Waals surface area contributed by atoms with Crippen molar-refractivity contribution >= 4 is 29.4 Å². The van der Waals surface area contributed by atoms with Gasteiger partial charge in [0.15, 0.2) is 5.16 Å². The number of nitrogens with two attached hydrogens (primary N) is 3. The Morgan fingerprint density at radius 1 is 1.44 bits per heavy atom. The van der Waals surface area contributed by atoms with Crippen LogP contribution in [0.25, 0.3) is 0 Å². The molecule has 1 rings (SSSR count). The Hall–Kier alpha value is -1.58. The van der Waals surface area contributed by atoms with Crippen LogP contribution in [0.1, 0.15) is 6.42 Å². The highest BCUT2D eigenvalue weighted by Gasteiger charge is 2.05. The summed E-state index contributed by atoms with van der Waals surface area (Å²) in [5.41, 5.74) is 12.8. The number of hydrazine groups is 1. The molecule has 1 aromatic heterocycles. The van der Waals surface area contributed by atoms with Crippen molar-refractivity contribution in [3.63, 3.8) is 0 Å². The van der Waals surface area contributed by atoms with Crippen molar-refractivity contribution in [3.05, 3.63) is 6.07 Å². The molecule has 16 heavy (non-hydrogen) atoms. The highest BCUT2D eigenvalue weighted by molar-refractivity contribution is 7.99. The first-order valence-corrected chi connectivity index (χ1v) is 5.28. The lowest BCUT2D eigenvalue weighted by Crippen LogP contribution is -2.26. The molecule has 1 aromatic rings. The minimum Gasteiger partial charge on any atom is -0.383 e. The average molecular weight is 244 g/mol. The summed E-state index contributed by atoms with van der Waals surface area (Å²) in [6.07, 6.45) is 0.174. The van der Waals surface area contributed by atoms with E-state index in [4.69, 9.17) is 17.3 Å². The summed E-state index contributed by atoms with van der Waals surface area (Å²) in [4.78, 5) is 23.1. The molecule has 1 heterocycles. The van der Waals surface area contributed by atoms with Crippen LogP contribution < -0.4 is 22.9 Å². The fourth-order valence-electron chi connectivity index (χ4n) is 0.869. The zero-order valence-electron chi connectivity index (χ0n) is 8.34. The molecule has 0 aromatic carbocycles. The van der Waals surface area contributed by atoms with Crippen LogP contribution in [0, 0.1) is 0 Å². The van der Waals surface area contributed by atoms with Crippen molar-refractivity contribution in [2.24, 2.45) is 5.84 Å². The molecule has 0 aliphatic carbocycles. The van der Waals surface area contributed by atoms with Gasteiger partial charge in [-0.1, -0.05) is 17.4 Å². The fraction of sp³-hybridized carbons (Fsp3) is 0.286. The van der Waals surface area contributed by atoms with Gasteiger partial charge >= 0.3 is 5.97 Å². The minimum atomic E-state index is -0.466. The topological polar surface area (TPSA) is 142 Å². The van der Waals surface area contributed by atoms with Crippen molar-refractivity contribution in [2.45, 2.75) is 11.6 Å².